The average molecular weight is 353 g/mol. The number of carbonyl (C=O) groups is 2. The van der Waals surface area contributed by atoms with Crippen molar-refractivity contribution >= 4 is 22.8 Å². The van der Waals surface area contributed by atoms with E-state index in [1.807, 2.05) is 62.4 Å². The maximum absolute atomic E-state index is 12.1. The summed E-state index contributed by atoms with van der Waals surface area (Å²) in [5, 5.41) is 15.8. The van der Waals surface area contributed by atoms with Crippen LogP contribution in [-0.2, 0) is 16.1 Å². The number of carbonyl (C=O) groups excluding carboxylic acids is 2. The number of ether oxygens (including phenoxy) is 1. The van der Waals surface area contributed by atoms with Crippen molar-refractivity contribution in [3.8, 4) is 6.07 Å². The first-order valence-corrected chi connectivity index (χ1v) is 8.55. The van der Waals surface area contributed by atoms with Gasteiger partial charge in [-0.25, -0.2) is 4.79 Å². The summed E-state index contributed by atoms with van der Waals surface area (Å²) >= 11 is 0. The van der Waals surface area contributed by atoms with Crippen molar-refractivity contribution in [2.45, 2.75) is 32.9 Å². The van der Waals surface area contributed by atoms with E-state index >= 15 is 0 Å². The molecule has 2 N–H and O–H groups in total. The highest BCUT2D eigenvalue weighted by molar-refractivity contribution is 5.86. The number of hydrogen-bond acceptors (Lipinski definition) is 4. The normalized spacial score (nSPS) is 11.6. The quantitative estimate of drug-likeness (QED) is 0.748. The molecule has 0 saturated carbocycles. The van der Waals surface area contributed by atoms with E-state index in [-0.39, 0.29) is 25.0 Å². The van der Waals surface area contributed by atoms with Crippen LogP contribution < -0.4 is 10.6 Å². The fraction of sp³-hybridized carbons (Fsp3) is 0.350. The maximum atomic E-state index is 12.1. The van der Waals surface area contributed by atoms with Crippen molar-refractivity contribution in [1.29, 1.82) is 5.26 Å². The highest BCUT2D eigenvalue weighted by Crippen LogP contribution is 2.16. The standard InChI is InChI=1S/C20H23N3O3/c1-14(2)11-18(19(24)22-10-9-21)23-20(25)26-13-15-7-8-16-5-3-4-6-17(16)12-15/h3-8,12,14,18H,10-11,13H2,1-2H3,(H,22,24)(H,23,25)/t18-/m0/s1. The number of alkyl carbamates (subject to hydrolysis) is 1. The van der Waals surface area contributed by atoms with Crippen LogP contribution in [0.2, 0.25) is 0 Å². The fourth-order valence-corrected chi connectivity index (χ4v) is 2.61. The molecule has 6 nitrogen and oxygen atoms in total. The van der Waals surface area contributed by atoms with Gasteiger partial charge in [0.2, 0.25) is 5.91 Å². The van der Waals surface area contributed by atoms with Gasteiger partial charge in [-0.2, -0.15) is 5.26 Å². The molecule has 26 heavy (non-hydrogen) atoms. The van der Waals surface area contributed by atoms with Gasteiger partial charge in [0.05, 0.1) is 6.07 Å². The summed E-state index contributed by atoms with van der Waals surface area (Å²) in [6.07, 6.45) is -0.196. The number of nitrogens with one attached hydrogen (secondary N) is 2. The molecular weight excluding hydrogens is 330 g/mol. The summed E-state index contributed by atoms with van der Waals surface area (Å²) in [6.45, 7) is 3.92. The Morgan fingerprint density at radius 3 is 2.58 bits per heavy atom. The van der Waals surface area contributed by atoms with Gasteiger partial charge in [-0.3, -0.25) is 4.79 Å². The van der Waals surface area contributed by atoms with E-state index in [1.165, 1.54) is 0 Å². The topological polar surface area (TPSA) is 91.2 Å². The monoisotopic (exact) mass is 353 g/mol. The first kappa shape index (κ1) is 19.3. The molecule has 0 heterocycles. The van der Waals surface area contributed by atoms with Crippen LogP contribution in [0.1, 0.15) is 25.8 Å². The Labute approximate surface area is 153 Å². The number of fused-ring (bicyclic) bond motifs is 1. The smallest absolute Gasteiger partial charge is 0.408 e. The van der Waals surface area contributed by atoms with Crippen LogP contribution in [0, 0.1) is 17.2 Å². The first-order chi connectivity index (χ1) is 12.5. The molecule has 0 aliphatic heterocycles. The Morgan fingerprint density at radius 1 is 1.15 bits per heavy atom. The third-order valence-corrected chi connectivity index (χ3v) is 3.84. The van der Waals surface area contributed by atoms with Gasteiger partial charge >= 0.3 is 6.09 Å². The summed E-state index contributed by atoms with van der Waals surface area (Å²) in [6, 6.07) is 14.9. The molecule has 1 atom stereocenters. The van der Waals surface area contributed by atoms with Crippen LogP contribution in [0.25, 0.3) is 10.8 Å². The van der Waals surface area contributed by atoms with Crippen molar-refractivity contribution in [1.82, 2.24) is 10.6 Å². The van der Waals surface area contributed by atoms with Gasteiger partial charge in [0, 0.05) is 0 Å². The average Bonchev–Trinajstić information content (AvgIpc) is 2.63. The van der Waals surface area contributed by atoms with Crippen LogP contribution in [-0.4, -0.2) is 24.6 Å². The summed E-state index contributed by atoms with van der Waals surface area (Å²) in [5.41, 5.74) is 0.869. The predicted octanol–water partition coefficient (Wildman–Crippen LogP) is 3.12. The Morgan fingerprint density at radius 2 is 1.88 bits per heavy atom. The lowest BCUT2D eigenvalue weighted by Gasteiger charge is -2.19. The molecule has 2 aromatic carbocycles. The molecule has 2 amide bonds. The lowest BCUT2D eigenvalue weighted by molar-refractivity contribution is -0.123. The van der Waals surface area contributed by atoms with Crippen molar-refractivity contribution in [2.24, 2.45) is 5.92 Å². The molecular formula is C20H23N3O3. The van der Waals surface area contributed by atoms with Crippen molar-refractivity contribution in [3.63, 3.8) is 0 Å². The molecule has 136 valence electrons. The van der Waals surface area contributed by atoms with Gasteiger partial charge in [-0.05, 0) is 34.7 Å². The first-order valence-electron chi connectivity index (χ1n) is 8.55. The molecule has 0 unspecified atom stereocenters. The summed E-state index contributed by atoms with van der Waals surface area (Å²) in [5.74, 6) is -0.184. The second-order valence-electron chi connectivity index (χ2n) is 6.46. The Kier molecular flexibility index (Phi) is 6.98. The van der Waals surface area contributed by atoms with Gasteiger partial charge in [0.1, 0.15) is 19.2 Å². The molecule has 6 heteroatoms. The predicted molar refractivity (Wildman–Crippen MR) is 99.1 cm³/mol. The third kappa shape index (κ3) is 5.78. The van der Waals surface area contributed by atoms with E-state index in [2.05, 4.69) is 10.6 Å². The Balaban J connectivity index is 1.93. The molecule has 0 saturated heterocycles. The van der Waals surface area contributed by atoms with Crippen molar-refractivity contribution in [3.05, 3.63) is 48.0 Å². The molecule has 0 radical (unpaired) electrons. The maximum Gasteiger partial charge on any atom is 0.408 e. The van der Waals surface area contributed by atoms with E-state index in [4.69, 9.17) is 10.00 Å². The van der Waals surface area contributed by atoms with E-state index in [0.717, 1.165) is 16.3 Å². The molecule has 0 aromatic heterocycles. The number of nitrogens with zero attached hydrogens (tertiary/aromatic N) is 1. The highest BCUT2D eigenvalue weighted by Gasteiger charge is 2.22. The molecule has 0 spiro atoms. The Bertz CT molecular complexity index is 811. The van der Waals surface area contributed by atoms with Gasteiger partial charge in [0.15, 0.2) is 0 Å². The number of rotatable bonds is 7. The van der Waals surface area contributed by atoms with Crippen LogP contribution in [0.4, 0.5) is 4.79 Å². The number of amides is 2. The van der Waals surface area contributed by atoms with Crippen LogP contribution in [0.15, 0.2) is 42.5 Å². The van der Waals surface area contributed by atoms with Crippen LogP contribution in [0.5, 0.6) is 0 Å². The molecule has 0 aliphatic carbocycles. The van der Waals surface area contributed by atoms with Gasteiger partial charge in [0.25, 0.3) is 0 Å². The largest absolute Gasteiger partial charge is 0.445 e. The van der Waals surface area contributed by atoms with Gasteiger partial charge in [-0.1, -0.05) is 50.2 Å². The zero-order chi connectivity index (χ0) is 18.9. The molecule has 2 rings (SSSR count). The molecule has 0 fully saturated rings. The van der Waals surface area contributed by atoms with Crippen LogP contribution in [0.3, 0.4) is 0 Å². The number of nitriles is 1. The highest BCUT2D eigenvalue weighted by atomic mass is 16.5. The minimum atomic E-state index is -0.729. The minimum absolute atomic E-state index is 0.0960. The second kappa shape index (κ2) is 9.42. The lowest BCUT2D eigenvalue weighted by Crippen LogP contribution is -2.47. The second-order valence-corrected chi connectivity index (χ2v) is 6.46. The minimum Gasteiger partial charge on any atom is -0.445 e. The zero-order valence-corrected chi connectivity index (χ0v) is 15.0. The SMILES string of the molecule is CC(C)C[C@H](NC(=O)OCc1ccc2ccccc2c1)C(=O)NCC#N. The Hall–Kier alpha value is -3.07. The summed E-state index contributed by atoms with van der Waals surface area (Å²) in [4.78, 5) is 24.1. The third-order valence-electron chi connectivity index (χ3n) is 3.84. The van der Waals surface area contributed by atoms with Crippen molar-refractivity contribution in [2.75, 3.05) is 6.54 Å². The van der Waals surface area contributed by atoms with Crippen LogP contribution >= 0.6 is 0 Å². The van der Waals surface area contributed by atoms with Crippen molar-refractivity contribution < 1.29 is 14.3 Å². The number of hydrogen-bond donors (Lipinski definition) is 2. The van der Waals surface area contributed by atoms with Gasteiger partial charge in [-0.15, -0.1) is 0 Å². The fourth-order valence-electron chi connectivity index (χ4n) is 2.61. The summed E-state index contributed by atoms with van der Waals surface area (Å²) in [7, 11) is 0. The molecule has 2 aromatic rings. The summed E-state index contributed by atoms with van der Waals surface area (Å²) < 4.78 is 5.25. The number of benzene rings is 2. The zero-order valence-electron chi connectivity index (χ0n) is 15.0. The lowest BCUT2D eigenvalue weighted by atomic mass is 10.0. The van der Waals surface area contributed by atoms with E-state index in [0.29, 0.717) is 6.42 Å². The van der Waals surface area contributed by atoms with E-state index in [1.54, 1.807) is 0 Å². The molecule has 0 bridgehead atoms. The molecule has 0 aliphatic rings. The van der Waals surface area contributed by atoms with E-state index < -0.39 is 12.1 Å². The van der Waals surface area contributed by atoms with Gasteiger partial charge < -0.3 is 15.4 Å². The van der Waals surface area contributed by atoms with E-state index in [9.17, 15) is 9.59 Å².